The highest BCUT2D eigenvalue weighted by atomic mass is 16.2. The molecule has 2 unspecified atom stereocenters. The molecule has 0 bridgehead atoms. The van der Waals surface area contributed by atoms with Crippen LogP contribution in [0.25, 0.3) is 0 Å². The standard InChI is InChI=1S/C17H25N3O/c1-13(14-10-18-11-14)17(21)19-15-6-5-9-20(12-15)16-7-3-2-4-8-16/h2-4,7-8,13-15,18H,5-6,9-12H2,1H3,(H,19,21). The van der Waals surface area contributed by atoms with Crippen molar-refractivity contribution < 1.29 is 4.79 Å². The van der Waals surface area contributed by atoms with Gasteiger partial charge in [-0.15, -0.1) is 0 Å². The highest BCUT2D eigenvalue weighted by Crippen LogP contribution is 2.21. The van der Waals surface area contributed by atoms with Crippen LogP contribution in [0.2, 0.25) is 0 Å². The zero-order valence-corrected chi connectivity index (χ0v) is 12.7. The predicted octanol–water partition coefficient (Wildman–Crippen LogP) is 1.63. The predicted molar refractivity (Wildman–Crippen MR) is 85.3 cm³/mol. The van der Waals surface area contributed by atoms with Crippen molar-refractivity contribution in [2.45, 2.75) is 25.8 Å². The number of nitrogens with one attached hydrogen (secondary N) is 2. The quantitative estimate of drug-likeness (QED) is 0.884. The van der Waals surface area contributed by atoms with E-state index in [2.05, 4.69) is 46.7 Å². The van der Waals surface area contributed by atoms with Gasteiger partial charge in [0.2, 0.25) is 5.91 Å². The fourth-order valence-electron chi connectivity index (χ4n) is 3.18. The lowest BCUT2D eigenvalue weighted by Gasteiger charge is -2.37. The van der Waals surface area contributed by atoms with Gasteiger partial charge in [0, 0.05) is 30.7 Å². The Labute approximate surface area is 126 Å². The molecule has 2 heterocycles. The summed E-state index contributed by atoms with van der Waals surface area (Å²) in [5.74, 6) is 0.860. The van der Waals surface area contributed by atoms with Crippen LogP contribution in [0.1, 0.15) is 19.8 Å². The van der Waals surface area contributed by atoms with Crippen molar-refractivity contribution in [3.05, 3.63) is 30.3 Å². The van der Waals surface area contributed by atoms with Crippen LogP contribution < -0.4 is 15.5 Å². The Hall–Kier alpha value is -1.55. The molecule has 114 valence electrons. The van der Waals surface area contributed by atoms with Crippen LogP contribution in [0.15, 0.2) is 30.3 Å². The SMILES string of the molecule is CC(C(=O)NC1CCCN(c2ccccc2)C1)C1CNC1. The molecule has 3 rings (SSSR count). The van der Waals surface area contributed by atoms with E-state index in [1.54, 1.807) is 0 Å². The number of hydrogen-bond donors (Lipinski definition) is 2. The van der Waals surface area contributed by atoms with Crippen molar-refractivity contribution in [1.29, 1.82) is 0 Å². The third-order valence-electron chi connectivity index (χ3n) is 4.82. The Balaban J connectivity index is 1.55. The van der Waals surface area contributed by atoms with E-state index in [0.717, 1.165) is 39.0 Å². The molecule has 0 aliphatic carbocycles. The van der Waals surface area contributed by atoms with E-state index in [-0.39, 0.29) is 17.9 Å². The summed E-state index contributed by atoms with van der Waals surface area (Å²) < 4.78 is 0. The van der Waals surface area contributed by atoms with E-state index in [1.165, 1.54) is 5.69 Å². The summed E-state index contributed by atoms with van der Waals surface area (Å²) in [6, 6.07) is 10.8. The molecule has 0 saturated carbocycles. The molecule has 2 aliphatic heterocycles. The number of carbonyl (C=O) groups is 1. The fraction of sp³-hybridized carbons (Fsp3) is 0.588. The van der Waals surface area contributed by atoms with Crippen LogP contribution in [-0.2, 0) is 4.79 Å². The van der Waals surface area contributed by atoms with Gasteiger partial charge in [0.1, 0.15) is 0 Å². The van der Waals surface area contributed by atoms with Crippen LogP contribution in [0, 0.1) is 11.8 Å². The number of amides is 1. The monoisotopic (exact) mass is 287 g/mol. The Kier molecular flexibility index (Phi) is 4.44. The maximum Gasteiger partial charge on any atom is 0.223 e. The molecule has 21 heavy (non-hydrogen) atoms. The minimum Gasteiger partial charge on any atom is -0.369 e. The Bertz CT molecular complexity index is 472. The van der Waals surface area contributed by atoms with Gasteiger partial charge in [-0.3, -0.25) is 4.79 Å². The summed E-state index contributed by atoms with van der Waals surface area (Å²) in [6.07, 6.45) is 2.23. The topological polar surface area (TPSA) is 44.4 Å². The first-order valence-corrected chi connectivity index (χ1v) is 8.05. The van der Waals surface area contributed by atoms with Gasteiger partial charge in [-0.1, -0.05) is 25.1 Å². The number of para-hydroxylation sites is 1. The van der Waals surface area contributed by atoms with Crippen molar-refractivity contribution in [2.24, 2.45) is 11.8 Å². The molecule has 2 atom stereocenters. The average Bonchev–Trinajstić information content (AvgIpc) is 2.46. The molecule has 0 aromatic heterocycles. The third-order valence-corrected chi connectivity index (χ3v) is 4.82. The molecular weight excluding hydrogens is 262 g/mol. The molecule has 2 fully saturated rings. The summed E-state index contributed by atoms with van der Waals surface area (Å²) in [7, 11) is 0. The van der Waals surface area contributed by atoms with Gasteiger partial charge in [-0.2, -0.15) is 0 Å². The van der Waals surface area contributed by atoms with Crippen molar-refractivity contribution >= 4 is 11.6 Å². The zero-order valence-electron chi connectivity index (χ0n) is 12.7. The Morgan fingerprint density at radius 3 is 2.76 bits per heavy atom. The lowest BCUT2D eigenvalue weighted by molar-refractivity contribution is -0.127. The van der Waals surface area contributed by atoms with Crippen molar-refractivity contribution in [3.8, 4) is 0 Å². The molecular formula is C17H25N3O. The smallest absolute Gasteiger partial charge is 0.223 e. The number of rotatable bonds is 4. The highest BCUT2D eigenvalue weighted by molar-refractivity contribution is 5.79. The number of hydrogen-bond acceptors (Lipinski definition) is 3. The normalized spacial score (nSPS) is 24.2. The molecule has 4 heteroatoms. The summed E-state index contributed by atoms with van der Waals surface area (Å²) in [4.78, 5) is 14.7. The van der Waals surface area contributed by atoms with Gasteiger partial charge in [0.25, 0.3) is 0 Å². The first-order valence-electron chi connectivity index (χ1n) is 8.05. The average molecular weight is 287 g/mol. The second-order valence-electron chi connectivity index (χ2n) is 6.34. The minimum absolute atomic E-state index is 0.123. The highest BCUT2D eigenvalue weighted by Gasteiger charge is 2.30. The van der Waals surface area contributed by atoms with E-state index in [9.17, 15) is 4.79 Å². The van der Waals surface area contributed by atoms with E-state index in [0.29, 0.717) is 5.92 Å². The van der Waals surface area contributed by atoms with Crippen molar-refractivity contribution in [3.63, 3.8) is 0 Å². The summed E-state index contributed by atoms with van der Waals surface area (Å²) in [5.41, 5.74) is 1.26. The molecule has 0 radical (unpaired) electrons. The molecule has 2 N–H and O–H groups in total. The molecule has 0 spiro atoms. The summed E-state index contributed by atoms with van der Waals surface area (Å²) >= 11 is 0. The van der Waals surface area contributed by atoms with Gasteiger partial charge in [-0.05, 0) is 44.0 Å². The van der Waals surface area contributed by atoms with Crippen LogP contribution >= 0.6 is 0 Å². The Morgan fingerprint density at radius 1 is 1.33 bits per heavy atom. The Morgan fingerprint density at radius 2 is 2.10 bits per heavy atom. The van der Waals surface area contributed by atoms with Gasteiger partial charge in [0.05, 0.1) is 0 Å². The third kappa shape index (κ3) is 3.38. The molecule has 2 saturated heterocycles. The fourth-order valence-corrected chi connectivity index (χ4v) is 3.18. The lowest BCUT2D eigenvalue weighted by atomic mass is 9.88. The number of benzene rings is 1. The molecule has 1 amide bonds. The first-order chi connectivity index (χ1) is 10.2. The van der Waals surface area contributed by atoms with Crippen molar-refractivity contribution in [1.82, 2.24) is 10.6 Å². The molecule has 1 aromatic carbocycles. The van der Waals surface area contributed by atoms with E-state index < -0.39 is 0 Å². The van der Waals surface area contributed by atoms with E-state index in [1.807, 2.05) is 6.07 Å². The van der Waals surface area contributed by atoms with Crippen LogP contribution in [-0.4, -0.2) is 38.1 Å². The first kappa shape index (κ1) is 14.4. The largest absolute Gasteiger partial charge is 0.369 e. The minimum atomic E-state index is 0.123. The summed E-state index contributed by atoms with van der Waals surface area (Å²) in [6.45, 7) is 6.02. The molecule has 2 aliphatic rings. The van der Waals surface area contributed by atoms with Crippen LogP contribution in [0.3, 0.4) is 0 Å². The maximum absolute atomic E-state index is 12.3. The number of carbonyl (C=O) groups excluding carboxylic acids is 1. The van der Waals surface area contributed by atoms with Crippen LogP contribution in [0.5, 0.6) is 0 Å². The van der Waals surface area contributed by atoms with Gasteiger partial charge in [0.15, 0.2) is 0 Å². The lowest BCUT2D eigenvalue weighted by Crippen LogP contribution is -2.53. The number of nitrogens with zero attached hydrogens (tertiary/aromatic N) is 1. The number of piperidine rings is 1. The zero-order chi connectivity index (χ0) is 14.7. The molecule has 4 nitrogen and oxygen atoms in total. The second-order valence-corrected chi connectivity index (χ2v) is 6.34. The van der Waals surface area contributed by atoms with Gasteiger partial charge in [-0.25, -0.2) is 0 Å². The van der Waals surface area contributed by atoms with Gasteiger partial charge < -0.3 is 15.5 Å². The van der Waals surface area contributed by atoms with Crippen LogP contribution in [0.4, 0.5) is 5.69 Å². The van der Waals surface area contributed by atoms with E-state index in [4.69, 9.17) is 0 Å². The van der Waals surface area contributed by atoms with Gasteiger partial charge >= 0.3 is 0 Å². The number of anilines is 1. The maximum atomic E-state index is 12.3. The molecule has 1 aromatic rings. The summed E-state index contributed by atoms with van der Waals surface area (Å²) in [5, 5.41) is 6.50. The van der Waals surface area contributed by atoms with Crippen molar-refractivity contribution in [2.75, 3.05) is 31.1 Å². The second kappa shape index (κ2) is 6.48. The van der Waals surface area contributed by atoms with E-state index >= 15 is 0 Å².